The van der Waals surface area contributed by atoms with E-state index in [1.807, 2.05) is 12.3 Å². The van der Waals surface area contributed by atoms with Crippen LogP contribution in [0.3, 0.4) is 0 Å². The summed E-state index contributed by atoms with van der Waals surface area (Å²) < 4.78 is 5.53. The van der Waals surface area contributed by atoms with Gasteiger partial charge in [0.1, 0.15) is 0 Å². The van der Waals surface area contributed by atoms with Crippen LogP contribution in [0, 0.1) is 0 Å². The van der Waals surface area contributed by atoms with Gasteiger partial charge in [-0.15, -0.1) is 0 Å². The van der Waals surface area contributed by atoms with Crippen LogP contribution in [-0.4, -0.2) is 47.9 Å². The summed E-state index contributed by atoms with van der Waals surface area (Å²) in [6.45, 7) is -0.342. The predicted molar refractivity (Wildman–Crippen MR) is 447 cm³/mol. The van der Waals surface area contributed by atoms with Crippen LogP contribution < -0.4 is 66.2 Å². The molecule has 0 radical (unpaired) electrons. The van der Waals surface area contributed by atoms with Crippen LogP contribution >= 0.6 is 0 Å². The molecule has 0 unspecified atom stereocenters. The van der Waals surface area contributed by atoms with Gasteiger partial charge < -0.3 is 0 Å². The van der Waals surface area contributed by atoms with Crippen molar-refractivity contribution in [1.82, 2.24) is 4.98 Å². The molecule has 17 aromatic rings. The zero-order valence-electron chi connectivity index (χ0n) is 57.0. The number of hydrogen-bond donors (Lipinski definition) is 0. The van der Waals surface area contributed by atoms with Gasteiger partial charge in [-0.1, -0.05) is 0 Å². The number of anilines is 15. The second kappa shape index (κ2) is 25.2. The molecule has 6 heterocycles. The zero-order chi connectivity index (χ0) is 69.1. The molecular formula is C95H62B2N6Se2. The Morgan fingerprint density at radius 2 is 0.790 bits per heavy atom. The molecule has 15 aromatic carbocycles. The van der Waals surface area contributed by atoms with E-state index in [9.17, 15) is 0 Å². The van der Waals surface area contributed by atoms with Crippen molar-refractivity contribution in [1.29, 1.82) is 0 Å². The van der Waals surface area contributed by atoms with Crippen LogP contribution in [0.5, 0.6) is 0 Å². The zero-order valence-corrected chi connectivity index (χ0v) is 60.4. The van der Waals surface area contributed by atoms with Crippen LogP contribution in [0.2, 0.25) is 0 Å². The van der Waals surface area contributed by atoms with Crippen molar-refractivity contribution in [2.45, 2.75) is 0 Å². The van der Waals surface area contributed by atoms with Gasteiger partial charge in [-0.05, 0) is 0 Å². The summed E-state index contributed by atoms with van der Waals surface area (Å²) in [5.41, 5.74) is 31.1. The van der Waals surface area contributed by atoms with E-state index in [1.165, 1.54) is 78.1 Å². The molecule has 490 valence electrons. The summed E-state index contributed by atoms with van der Waals surface area (Å²) in [5, 5.41) is 2.64. The van der Waals surface area contributed by atoms with Crippen molar-refractivity contribution in [3.8, 4) is 33.5 Å². The second-order valence-corrected chi connectivity index (χ2v) is 31.8. The molecule has 6 nitrogen and oxygen atoms in total. The molecular weight excluding hydrogens is 1400 g/mol. The molecule has 4 aliphatic rings. The van der Waals surface area contributed by atoms with Crippen molar-refractivity contribution in [2.24, 2.45) is 0 Å². The Labute approximate surface area is 623 Å². The summed E-state index contributed by atoms with van der Waals surface area (Å²) in [5.74, 6) is 0. The van der Waals surface area contributed by atoms with Crippen LogP contribution in [0.15, 0.2) is 376 Å². The first-order valence-electron chi connectivity index (χ1n) is 35.9. The second-order valence-electron chi connectivity index (χ2n) is 27.2. The minimum atomic E-state index is -0.262. The van der Waals surface area contributed by atoms with Gasteiger partial charge >= 0.3 is 628 Å². The Balaban J connectivity index is 0.886. The summed E-state index contributed by atoms with van der Waals surface area (Å²) in [4.78, 5) is 18.0. The molecule has 0 amide bonds. The molecule has 10 heteroatoms. The first-order valence-corrected chi connectivity index (χ1v) is 39.3. The fraction of sp³-hybridized carbons (Fsp3) is 0. The number of hydrogen-bond acceptors (Lipinski definition) is 6. The van der Waals surface area contributed by atoms with Gasteiger partial charge in [0.15, 0.2) is 0 Å². The van der Waals surface area contributed by atoms with Gasteiger partial charge in [0.05, 0.1) is 0 Å². The van der Waals surface area contributed by atoms with Gasteiger partial charge in [-0.2, -0.15) is 0 Å². The van der Waals surface area contributed by atoms with Gasteiger partial charge in [0.2, 0.25) is 0 Å². The normalized spacial score (nSPS) is 12.8. The number of para-hydroxylation sites is 8. The molecule has 0 saturated carbocycles. The number of rotatable bonds is 12. The Kier molecular flexibility index (Phi) is 14.7. The summed E-state index contributed by atoms with van der Waals surface area (Å²) in [7, 11) is 0. The molecule has 0 atom stereocenters. The van der Waals surface area contributed by atoms with E-state index in [2.05, 4.69) is 388 Å². The summed E-state index contributed by atoms with van der Waals surface area (Å²) >= 11 is -0.103. The molecule has 105 heavy (non-hydrogen) atoms. The molecule has 0 spiro atoms. The molecule has 0 bridgehead atoms. The van der Waals surface area contributed by atoms with Crippen molar-refractivity contribution in [3.63, 3.8) is 0 Å². The number of benzene rings is 15. The van der Waals surface area contributed by atoms with Crippen LogP contribution in [0.1, 0.15) is 0 Å². The van der Waals surface area contributed by atoms with Gasteiger partial charge in [-0.25, -0.2) is 0 Å². The first-order chi connectivity index (χ1) is 52.1. The van der Waals surface area contributed by atoms with Gasteiger partial charge in [0, 0.05) is 0 Å². The third-order valence-electron chi connectivity index (χ3n) is 21.5. The van der Waals surface area contributed by atoms with E-state index in [0.717, 1.165) is 102 Å². The molecule has 0 N–H and O–H groups in total. The van der Waals surface area contributed by atoms with Crippen molar-refractivity contribution < 1.29 is 0 Å². The fourth-order valence-electron chi connectivity index (χ4n) is 17.2. The van der Waals surface area contributed by atoms with E-state index in [4.69, 9.17) is 4.98 Å². The van der Waals surface area contributed by atoms with E-state index in [-0.39, 0.29) is 42.9 Å². The van der Waals surface area contributed by atoms with E-state index >= 15 is 0 Å². The topological polar surface area (TPSA) is 29.1 Å². The third-order valence-corrected chi connectivity index (χ3v) is 26.2. The van der Waals surface area contributed by atoms with E-state index in [0.29, 0.717) is 0 Å². The number of fused-ring (bicyclic) bond motifs is 11. The Morgan fingerprint density at radius 3 is 1.44 bits per heavy atom. The van der Waals surface area contributed by atoms with Crippen molar-refractivity contribution >= 4 is 189 Å². The van der Waals surface area contributed by atoms with E-state index < -0.39 is 0 Å². The summed E-state index contributed by atoms with van der Waals surface area (Å²) in [6, 6.07) is 138. The average molecular weight is 1470 g/mol. The van der Waals surface area contributed by atoms with Crippen molar-refractivity contribution in [3.05, 3.63) is 376 Å². The standard InChI is InChI=1S/C95H62B2N6Se2/c1-7-31-63(32-8-1)71-45-29-46-72(64-33-9-2-10-34-64)95(71)103-84-62-90-78(61-77(84)96-75-47-21-24-51-81(75)101(68-41-17-6-18-42-68)85-57-69(58-86(103)93(85)96)99(65-35-11-3-12-36-65)66-37-13-4-14-38-66)97-76-48-22-25-52-82(76)102(80-50-23-19-43-73(80)79-49-27-28-56-98-79)87-59-70(60-91(105-90)94(87)97)100(67-39-15-5-16-40-67)83-53-30-55-89-92(83)74-44-20-26-54-88(74)104-89/h1-62H. The third kappa shape index (κ3) is 9.97. The Morgan fingerprint density at radius 1 is 0.295 bits per heavy atom. The van der Waals surface area contributed by atoms with Crippen LogP contribution in [0.4, 0.5) is 85.3 Å². The Bertz CT molecular complexity index is 6150. The molecule has 0 aliphatic carbocycles. The molecule has 4 aliphatic heterocycles. The maximum absolute atomic E-state index is 5.08. The van der Waals surface area contributed by atoms with Crippen LogP contribution in [-0.2, 0) is 0 Å². The minimum absolute atomic E-state index is 0.145. The number of pyridine rings is 1. The SMILES string of the molecule is c1ccc(-c2cccc(-c3ccccc3)c2N2c3cc4c(cc3B3c5ccccc5N(c5ccccc5)c5cc(N(c6ccccc6)c6ccccc6)cc2c53)B2c3ccccc3N(c3ccccc3-c3ccccn3)c3cc(N(c5ccccc5)c5cccc6[se]c7ccccc7c56)cc(c32)[Se]4)cc1. The first kappa shape index (κ1) is 61.3. The predicted octanol–water partition coefficient (Wildman–Crippen LogP) is 18.7. The van der Waals surface area contributed by atoms with Gasteiger partial charge in [0.25, 0.3) is 0 Å². The maximum atomic E-state index is 5.08. The van der Waals surface area contributed by atoms with E-state index in [1.54, 1.807) is 0 Å². The molecule has 2 aromatic heterocycles. The molecule has 0 fully saturated rings. The number of aromatic nitrogens is 1. The van der Waals surface area contributed by atoms with Gasteiger partial charge in [-0.3, -0.25) is 0 Å². The average Bonchev–Trinajstić information content (AvgIpc) is 1.19. The van der Waals surface area contributed by atoms with Crippen LogP contribution in [0.25, 0.3) is 52.8 Å². The summed E-state index contributed by atoms with van der Waals surface area (Å²) in [6.07, 6.45) is 1.92. The Hall–Kier alpha value is -12.4. The fourth-order valence-corrected chi connectivity index (χ4v) is 22.1. The quantitative estimate of drug-likeness (QED) is 0.113. The molecule has 0 saturated heterocycles. The monoisotopic (exact) mass is 1470 g/mol. The molecule has 21 rings (SSSR count). The van der Waals surface area contributed by atoms with Crippen molar-refractivity contribution in [2.75, 3.05) is 24.5 Å². The number of nitrogens with zero attached hydrogens (tertiary/aromatic N) is 6.